The fourth-order valence-electron chi connectivity index (χ4n) is 5.03. The van der Waals surface area contributed by atoms with E-state index in [9.17, 15) is 5.26 Å². The summed E-state index contributed by atoms with van der Waals surface area (Å²) in [7, 11) is 1.98. The summed E-state index contributed by atoms with van der Waals surface area (Å²) in [6, 6.07) is 35.1. The third-order valence-electron chi connectivity index (χ3n) is 6.84. The van der Waals surface area contributed by atoms with E-state index in [4.69, 9.17) is 4.74 Å². The minimum atomic E-state index is 0. The summed E-state index contributed by atoms with van der Waals surface area (Å²) in [5.74, 6) is 1.85. The summed E-state index contributed by atoms with van der Waals surface area (Å²) < 4.78 is 12.3. The first kappa shape index (κ1) is 26.3. The van der Waals surface area contributed by atoms with Gasteiger partial charge in [-0.15, -0.1) is 29.7 Å². The van der Waals surface area contributed by atoms with Crippen LogP contribution >= 0.6 is 0 Å². The summed E-state index contributed by atoms with van der Waals surface area (Å²) in [6.45, 7) is 0. The number of nitrogens with zero attached hydrogens (tertiary/aromatic N) is 5. The van der Waals surface area contributed by atoms with Crippen LogP contribution in [-0.2, 0) is 28.1 Å². The molecule has 200 valence electrons. The SMILES string of the molecule is Cn1[c-][n+](-c2[c-]c(Oc3[c-]c4c(cc3)c3ccccc3n4C3=N/C=C\C(C#N)=C/C=C\3)ccc2)c2ccccc21.[Pt]. The Morgan fingerprint density at radius 2 is 1.66 bits per heavy atom. The van der Waals surface area contributed by atoms with Crippen molar-refractivity contribution >= 4 is 38.7 Å². The topological polar surface area (TPSA) is 59.1 Å². The molecule has 7 heteroatoms. The summed E-state index contributed by atoms with van der Waals surface area (Å²) >= 11 is 0. The Bertz CT molecular complexity index is 2120. The Morgan fingerprint density at radius 3 is 2.54 bits per heavy atom. The van der Waals surface area contributed by atoms with Crippen molar-refractivity contribution in [3.05, 3.63) is 133 Å². The van der Waals surface area contributed by atoms with Gasteiger partial charge in [0.05, 0.1) is 29.7 Å². The number of rotatable bonds is 3. The molecule has 2 aromatic heterocycles. The van der Waals surface area contributed by atoms with Crippen LogP contribution in [0, 0.1) is 29.8 Å². The molecule has 0 spiro atoms. The van der Waals surface area contributed by atoms with Crippen molar-refractivity contribution in [2.24, 2.45) is 12.0 Å². The van der Waals surface area contributed by atoms with Crippen molar-refractivity contribution < 1.29 is 30.4 Å². The summed E-state index contributed by atoms with van der Waals surface area (Å²) in [5.41, 5.74) is 5.33. The molecular formula is C34H21N5OPt-2. The number of fused-ring (bicyclic) bond motifs is 4. The molecule has 0 radical (unpaired) electrons. The van der Waals surface area contributed by atoms with E-state index in [1.807, 2.05) is 82.9 Å². The van der Waals surface area contributed by atoms with Gasteiger partial charge in [0.1, 0.15) is 5.84 Å². The molecular weight excluding hydrogens is 689 g/mol. The number of allylic oxidation sites excluding steroid dienone is 5. The summed E-state index contributed by atoms with van der Waals surface area (Å²) in [6.07, 6.45) is 12.2. The maximum Gasteiger partial charge on any atom is 0.242 e. The van der Waals surface area contributed by atoms with Gasteiger partial charge >= 0.3 is 0 Å². The molecule has 0 atom stereocenters. The van der Waals surface area contributed by atoms with Crippen LogP contribution in [0.2, 0.25) is 0 Å². The van der Waals surface area contributed by atoms with Crippen molar-refractivity contribution in [2.45, 2.75) is 0 Å². The molecule has 6 nitrogen and oxygen atoms in total. The number of hydrogen-bond acceptors (Lipinski definition) is 3. The number of ether oxygens (including phenoxy) is 1. The molecule has 0 amide bonds. The Balaban J connectivity index is 0.00000302. The van der Waals surface area contributed by atoms with Gasteiger partial charge in [-0.05, 0) is 29.7 Å². The van der Waals surface area contributed by atoms with Crippen molar-refractivity contribution in [3.63, 3.8) is 0 Å². The van der Waals surface area contributed by atoms with E-state index in [0.717, 1.165) is 38.5 Å². The molecule has 1 aliphatic rings. The molecule has 6 aromatic rings. The number of para-hydroxylation sites is 3. The molecule has 1 aliphatic heterocycles. The van der Waals surface area contributed by atoms with Crippen LogP contribution in [0.4, 0.5) is 0 Å². The van der Waals surface area contributed by atoms with Crippen molar-refractivity contribution in [3.8, 4) is 23.3 Å². The van der Waals surface area contributed by atoms with Gasteiger partial charge < -0.3 is 18.4 Å². The molecule has 0 bridgehead atoms. The zero-order valence-electron chi connectivity index (χ0n) is 21.9. The van der Waals surface area contributed by atoms with Crippen molar-refractivity contribution in [1.82, 2.24) is 9.13 Å². The van der Waals surface area contributed by atoms with Gasteiger partial charge in [-0.3, -0.25) is 0 Å². The second-order valence-electron chi connectivity index (χ2n) is 9.32. The second kappa shape index (κ2) is 10.9. The Labute approximate surface area is 251 Å². The molecule has 4 aromatic carbocycles. The van der Waals surface area contributed by atoms with Crippen LogP contribution in [0.1, 0.15) is 0 Å². The number of nitriles is 1. The van der Waals surface area contributed by atoms with Gasteiger partial charge in [0.2, 0.25) is 6.33 Å². The molecule has 0 saturated carbocycles. The third kappa shape index (κ3) is 4.71. The first-order valence-electron chi connectivity index (χ1n) is 12.8. The number of imidazole rings is 1. The van der Waals surface area contributed by atoms with Gasteiger partial charge in [0.15, 0.2) is 0 Å². The fourth-order valence-corrected chi connectivity index (χ4v) is 5.03. The first-order chi connectivity index (χ1) is 19.7. The van der Waals surface area contributed by atoms with E-state index < -0.39 is 0 Å². The van der Waals surface area contributed by atoms with E-state index in [-0.39, 0.29) is 21.1 Å². The van der Waals surface area contributed by atoms with Crippen LogP contribution < -0.4 is 9.30 Å². The fraction of sp³-hybridized carbons (Fsp3) is 0.0294. The van der Waals surface area contributed by atoms with E-state index in [1.165, 1.54) is 0 Å². The predicted octanol–water partition coefficient (Wildman–Crippen LogP) is 6.53. The average molecular weight is 711 g/mol. The average Bonchev–Trinajstić information content (AvgIpc) is 3.48. The molecule has 3 heterocycles. The number of aliphatic imine (C=N–C) groups is 1. The second-order valence-corrected chi connectivity index (χ2v) is 9.32. The molecule has 0 unspecified atom stereocenters. The normalized spacial score (nSPS) is 17.0. The maximum absolute atomic E-state index is 9.24. The Kier molecular flexibility index (Phi) is 6.97. The number of benzene rings is 4. The van der Waals surface area contributed by atoms with E-state index in [0.29, 0.717) is 22.9 Å². The van der Waals surface area contributed by atoms with Crippen molar-refractivity contribution in [1.29, 1.82) is 5.26 Å². The minimum Gasteiger partial charge on any atom is -0.510 e. The maximum atomic E-state index is 9.24. The minimum absolute atomic E-state index is 0. The quantitative estimate of drug-likeness (QED) is 0.155. The standard InChI is InChI=1S/C34H21N5O.Pt/c1-37-23-38(32-14-5-4-13-31(32)37)25-9-7-10-26(20-25)40-27-16-17-29-28-11-2-3-12-30(28)39(33(29)21-27)34-15-6-8-24(22-35)18-19-36-34;/h2-19H,1H3;/q-2;/b8-6?,15-6-,19-18-,24-8+,24-18?,34-15?,36-19?,36-34+;. The van der Waals surface area contributed by atoms with Crippen LogP contribution in [0.3, 0.4) is 0 Å². The van der Waals surface area contributed by atoms with Crippen LogP contribution in [0.15, 0.2) is 120 Å². The molecule has 7 rings (SSSR count). The zero-order chi connectivity index (χ0) is 27.1. The smallest absolute Gasteiger partial charge is 0.242 e. The number of aryl methyl sites for hydroxylation is 1. The summed E-state index contributed by atoms with van der Waals surface area (Å²) in [4.78, 5) is 4.65. The molecule has 0 N–H and O–H groups in total. The number of hydrogen-bond donors (Lipinski definition) is 0. The third-order valence-corrected chi connectivity index (χ3v) is 6.84. The van der Waals surface area contributed by atoms with Gasteiger partial charge in [-0.1, -0.05) is 59.7 Å². The molecule has 0 fully saturated rings. The van der Waals surface area contributed by atoms with Crippen LogP contribution in [-0.4, -0.2) is 15.0 Å². The van der Waals surface area contributed by atoms with Gasteiger partial charge in [-0.25, -0.2) is 4.99 Å². The van der Waals surface area contributed by atoms with E-state index in [2.05, 4.69) is 58.4 Å². The molecule has 0 saturated heterocycles. The summed E-state index contributed by atoms with van der Waals surface area (Å²) in [5, 5.41) is 11.4. The monoisotopic (exact) mass is 710 g/mol. The largest absolute Gasteiger partial charge is 0.510 e. The molecule has 0 aliphatic carbocycles. The Hall–Kier alpha value is -4.98. The first-order valence-corrected chi connectivity index (χ1v) is 12.8. The van der Waals surface area contributed by atoms with Gasteiger partial charge in [-0.2, -0.15) is 23.5 Å². The Morgan fingerprint density at radius 1 is 0.854 bits per heavy atom. The van der Waals surface area contributed by atoms with Crippen LogP contribution in [0.5, 0.6) is 11.5 Å². The van der Waals surface area contributed by atoms with E-state index >= 15 is 0 Å². The van der Waals surface area contributed by atoms with Gasteiger partial charge in [0, 0.05) is 44.3 Å². The zero-order valence-corrected chi connectivity index (χ0v) is 24.1. The van der Waals surface area contributed by atoms with Crippen LogP contribution in [0.25, 0.3) is 38.5 Å². The van der Waals surface area contributed by atoms with Crippen molar-refractivity contribution in [2.75, 3.05) is 0 Å². The number of aromatic nitrogens is 3. The van der Waals surface area contributed by atoms with Gasteiger partial charge in [0.25, 0.3) is 0 Å². The predicted molar refractivity (Wildman–Crippen MR) is 155 cm³/mol. The molecule has 41 heavy (non-hydrogen) atoms. The van der Waals surface area contributed by atoms with E-state index in [1.54, 1.807) is 18.4 Å².